The Labute approximate surface area is 167 Å². The molecule has 0 spiro atoms. The summed E-state index contributed by atoms with van der Waals surface area (Å²) < 4.78 is 0. The van der Waals surface area contributed by atoms with Crippen LogP contribution in [0.3, 0.4) is 0 Å². The second-order valence-electron chi connectivity index (χ2n) is 7.20. The van der Waals surface area contributed by atoms with Gasteiger partial charge in [0, 0.05) is 29.6 Å². The van der Waals surface area contributed by atoms with Crippen molar-refractivity contribution >= 4 is 34.1 Å². The highest BCUT2D eigenvalue weighted by atomic mass is 32.1. The molecule has 2 atom stereocenters. The molecule has 28 heavy (non-hydrogen) atoms. The quantitative estimate of drug-likeness (QED) is 0.532. The molecule has 0 radical (unpaired) electrons. The highest BCUT2D eigenvalue weighted by Crippen LogP contribution is 2.44. The van der Waals surface area contributed by atoms with Gasteiger partial charge in [-0.05, 0) is 41.5 Å². The Morgan fingerprint density at radius 1 is 1.21 bits per heavy atom. The minimum absolute atomic E-state index is 0.0182. The Balaban J connectivity index is 1.73. The van der Waals surface area contributed by atoms with E-state index >= 15 is 0 Å². The molecule has 3 heterocycles. The summed E-state index contributed by atoms with van der Waals surface area (Å²) in [5.74, 6) is 0.228. The summed E-state index contributed by atoms with van der Waals surface area (Å²) in [6, 6.07) is 14.7. The summed E-state index contributed by atoms with van der Waals surface area (Å²) in [6.07, 6.45) is 2.31. The Morgan fingerprint density at radius 2 is 1.96 bits per heavy atom. The average molecular weight is 389 g/mol. The van der Waals surface area contributed by atoms with Gasteiger partial charge < -0.3 is 15.0 Å². The number of aromatic hydroxyl groups is 1. The molecule has 1 amide bonds. The van der Waals surface area contributed by atoms with Gasteiger partial charge in [0.2, 0.25) is 0 Å². The lowest BCUT2D eigenvalue weighted by Gasteiger charge is -2.37. The van der Waals surface area contributed by atoms with Crippen LogP contribution in [0.15, 0.2) is 61.2 Å². The van der Waals surface area contributed by atoms with E-state index in [1.807, 2.05) is 29.2 Å². The zero-order valence-corrected chi connectivity index (χ0v) is 15.9. The van der Waals surface area contributed by atoms with Crippen LogP contribution in [0.5, 0.6) is 5.75 Å². The van der Waals surface area contributed by atoms with Crippen LogP contribution in [0.4, 0.5) is 0 Å². The highest BCUT2D eigenvalue weighted by Gasteiger charge is 2.50. The first kappa shape index (κ1) is 17.0. The molecule has 5 rings (SSSR count). The number of fused-ring (bicyclic) bond motifs is 4. The number of amides is 1. The first-order valence-electron chi connectivity index (χ1n) is 9.23. The van der Waals surface area contributed by atoms with Gasteiger partial charge in [-0.1, -0.05) is 36.4 Å². The first-order valence-corrected chi connectivity index (χ1v) is 9.64. The molecule has 0 aliphatic carbocycles. The van der Waals surface area contributed by atoms with E-state index in [-0.39, 0.29) is 23.7 Å². The van der Waals surface area contributed by atoms with Crippen LogP contribution in [-0.2, 0) is 11.2 Å². The van der Waals surface area contributed by atoms with E-state index in [2.05, 4.69) is 23.7 Å². The van der Waals surface area contributed by atoms with Crippen LogP contribution in [0.1, 0.15) is 22.9 Å². The number of hydrogen-bond donors (Lipinski definition) is 2. The number of phenols is 1. The van der Waals surface area contributed by atoms with Crippen molar-refractivity contribution in [3.05, 3.63) is 78.0 Å². The highest BCUT2D eigenvalue weighted by molar-refractivity contribution is 7.80. The van der Waals surface area contributed by atoms with Crippen molar-refractivity contribution in [1.82, 2.24) is 14.8 Å². The van der Waals surface area contributed by atoms with E-state index in [0.717, 1.165) is 27.7 Å². The predicted octanol–water partition coefficient (Wildman–Crippen LogP) is 3.50. The number of nitrogens with zero attached hydrogens (tertiary/aromatic N) is 2. The third-order valence-corrected chi connectivity index (χ3v) is 6.09. The van der Waals surface area contributed by atoms with Crippen LogP contribution < -0.4 is 0 Å². The fourth-order valence-corrected chi connectivity index (χ4v) is 4.83. The summed E-state index contributed by atoms with van der Waals surface area (Å²) >= 11 is 5.71. The van der Waals surface area contributed by atoms with Gasteiger partial charge in [0.1, 0.15) is 11.8 Å². The smallest absolute Gasteiger partial charge is 0.252 e. The molecular formula is C22H19N3O2S. The minimum atomic E-state index is -0.335. The average Bonchev–Trinajstić information content (AvgIpc) is 3.19. The molecule has 1 aromatic heterocycles. The number of para-hydroxylation sites is 1. The van der Waals surface area contributed by atoms with Crippen molar-refractivity contribution in [3.63, 3.8) is 0 Å². The van der Waals surface area contributed by atoms with E-state index < -0.39 is 0 Å². The lowest BCUT2D eigenvalue weighted by molar-refractivity contribution is -0.128. The molecule has 3 aromatic rings. The number of aromatic amines is 1. The molecule has 140 valence electrons. The van der Waals surface area contributed by atoms with Crippen LogP contribution in [0, 0.1) is 0 Å². The molecule has 1 fully saturated rings. The maximum atomic E-state index is 13.1. The molecule has 0 saturated carbocycles. The maximum Gasteiger partial charge on any atom is 0.252 e. The standard InChI is InChI=1S/C22H19N3O2S/c1-2-11-24-21(27)18-12-16-15-5-3-4-6-17(15)23-19(16)20(25(18)22(24)28)13-7-9-14(26)10-8-13/h2-10,18,20,23,26H,1,11-12H2/t18-,20?/m0/s1. The molecular weight excluding hydrogens is 370 g/mol. The summed E-state index contributed by atoms with van der Waals surface area (Å²) in [5, 5.41) is 11.4. The predicted molar refractivity (Wildman–Crippen MR) is 112 cm³/mol. The number of aromatic nitrogens is 1. The second-order valence-corrected chi connectivity index (χ2v) is 7.57. The lowest BCUT2D eigenvalue weighted by Crippen LogP contribution is -2.44. The van der Waals surface area contributed by atoms with Crippen molar-refractivity contribution < 1.29 is 9.90 Å². The fourth-order valence-electron chi connectivity index (χ4n) is 4.43. The summed E-state index contributed by atoms with van der Waals surface area (Å²) in [6.45, 7) is 4.17. The molecule has 2 aliphatic heterocycles. The number of benzene rings is 2. The van der Waals surface area contributed by atoms with Gasteiger partial charge in [-0.15, -0.1) is 6.58 Å². The van der Waals surface area contributed by atoms with Crippen molar-refractivity contribution in [3.8, 4) is 5.75 Å². The number of nitrogens with one attached hydrogen (secondary N) is 1. The Hall–Kier alpha value is -3.12. The fraction of sp³-hybridized carbons (Fsp3) is 0.182. The SMILES string of the molecule is C=CCN1C(=O)[C@@H]2Cc3c([nH]c4ccccc34)C(c3ccc(O)cc3)N2C1=S. The Morgan fingerprint density at radius 3 is 2.71 bits per heavy atom. The van der Waals surface area contributed by atoms with Gasteiger partial charge >= 0.3 is 0 Å². The van der Waals surface area contributed by atoms with Crippen LogP contribution in [0.2, 0.25) is 0 Å². The second kappa shape index (κ2) is 6.21. The van der Waals surface area contributed by atoms with Gasteiger partial charge in [-0.25, -0.2) is 0 Å². The van der Waals surface area contributed by atoms with Gasteiger partial charge in [-0.3, -0.25) is 9.69 Å². The van der Waals surface area contributed by atoms with Crippen molar-refractivity contribution in [2.24, 2.45) is 0 Å². The van der Waals surface area contributed by atoms with E-state index in [1.54, 1.807) is 23.1 Å². The van der Waals surface area contributed by atoms with Gasteiger partial charge in [-0.2, -0.15) is 0 Å². The summed E-state index contributed by atoms with van der Waals surface area (Å²) in [7, 11) is 0. The van der Waals surface area contributed by atoms with Crippen molar-refractivity contribution in [2.75, 3.05) is 6.54 Å². The van der Waals surface area contributed by atoms with Crippen LogP contribution >= 0.6 is 12.2 Å². The van der Waals surface area contributed by atoms with E-state index in [0.29, 0.717) is 18.1 Å². The monoisotopic (exact) mass is 389 g/mol. The van der Waals surface area contributed by atoms with Crippen molar-refractivity contribution in [1.29, 1.82) is 0 Å². The lowest BCUT2D eigenvalue weighted by atomic mass is 9.89. The summed E-state index contributed by atoms with van der Waals surface area (Å²) in [5.41, 5.74) is 4.25. The Kier molecular flexibility index (Phi) is 3.77. The zero-order valence-electron chi connectivity index (χ0n) is 15.1. The number of carbonyl (C=O) groups is 1. The number of phenolic OH excluding ortho intramolecular Hbond substituents is 1. The first-order chi connectivity index (χ1) is 13.6. The van der Waals surface area contributed by atoms with Crippen LogP contribution in [-0.4, -0.2) is 43.5 Å². The third-order valence-electron chi connectivity index (χ3n) is 5.65. The number of H-pyrrole nitrogens is 1. The maximum absolute atomic E-state index is 13.1. The zero-order chi connectivity index (χ0) is 19.4. The molecule has 1 saturated heterocycles. The topological polar surface area (TPSA) is 59.6 Å². The minimum Gasteiger partial charge on any atom is -0.508 e. The van der Waals surface area contributed by atoms with E-state index in [9.17, 15) is 9.90 Å². The molecule has 5 nitrogen and oxygen atoms in total. The number of thiocarbonyl (C=S) groups is 1. The normalized spacial score (nSPS) is 21.1. The molecule has 2 aliphatic rings. The number of hydrogen-bond acceptors (Lipinski definition) is 3. The number of carbonyl (C=O) groups excluding carboxylic acids is 1. The van der Waals surface area contributed by atoms with E-state index in [1.165, 1.54) is 0 Å². The molecule has 2 aromatic carbocycles. The molecule has 1 unspecified atom stereocenters. The summed E-state index contributed by atoms with van der Waals surface area (Å²) in [4.78, 5) is 20.4. The van der Waals surface area contributed by atoms with Crippen molar-refractivity contribution in [2.45, 2.75) is 18.5 Å². The van der Waals surface area contributed by atoms with Gasteiger partial charge in [0.25, 0.3) is 5.91 Å². The van der Waals surface area contributed by atoms with Gasteiger partial charge in [0.15, 0.2) is 5.11 Å². The van der Waals surface area contributed by atoms with E-state index in [4.69, 9.17) is 12.2 Å². The molecule has 2 N–H and O–H groups in total. The molecule has 6 heteroatoms. The Bertz CT molecular complexity index is 1120. The van der Waals surface area contributed by atoms with Gasteiger partial charge in [0.05, 0.1) is 6.04 Å². The largest absolute Gasteiger partial charge is 0.508 e. The third kappa shape index (κ3) is 2.31. The number of rotatable bonds is 3. The van der Waals surface area contributed by atoms with Crippen LogP contribution in [0.25, 0.3) is 10.9 Å². The molecule has 0 bridgehead atoms.